The standard InChI is InChI=1S/C7H13BN2O3/c8-7-5-10(12)4-2-6(13-7)1-3-9-11/h1,3,6-7,9,11-12H,2,4-5H2/b3-1+. The van der Waals surface area contributed by atoms with E-state index >= 15 is 0 Å². The van der Waals surface area contributed by atoms with E-state index in [9.17, 15) is 5.21 Å². The van der Waals surface area contributed by atoms with Crippen LogP contribution in [0.25, 0.3) is 0 Å². The molecule has 0 spiro atoms. The Hall–Kier alpha value is -0.555. The Kier molecular flexibility index (Phi) is 4.24. The molecule has 3 N–H and O–H groups in total. The van der Waals surface area contributed by atoms with Gasteiger partial charge in [-0.15, -0.1) is 0 Å². The Morgan fingerprint density at radius 3 is 3.08 bits per heavy atom. The van der Waals surface area contributed by atoms with E-state index in [0.717, 1.165) is 5.06 Å². The molecule has 13 heavy (non-hydrogen) atoms. The molecule has 0 aromatic rings. The van der Waals surface area contributed by atoms with Crippen molar-refractivity contribution >= 4 is 7.85 Å². The zero-order valence-electron chi connectivity index (χ0n) is 7.26. The fourth-order valence-electron chi connectivity index (χ4n) is 1.20. The van der Waals surface area contributed by atoms with Crippen LogP contribution in [0.15, 0.2) is 12.3 Å². The molecule has 0 amide bonds. The lowest BCUT2D eigenvalue weighted by atomic mass is 10.0. The number of hydrogen-bond donors (Lipinski definition) is 3. The maximum absolute atomic E-state index is 9.19. The normalized spacial score (nSPS) is 31.8. The van der Waals surface area contributed by atoms with E-state index in [1.54, 1.807) is 6.08 Å². The minimum absolute atomic E-state index is 0.174. The van der Waals surface area contributed by atoms with E-state index in [2.05, 4.69) is 0 Å². The summed E-state index contributed by atoms with van der Waals surface area (Å²) in [6.45, 7) is 0.811. The summed E-state index contributed by atoms with van der Waals surface area (Å²) in [7, 11) is 5.55. The van der Waals surface area contributed by atoms with E-state index in [1.807, 2.05) is 5.48 Å². The maximum atomic E-state index is 9.19. The van der Waals surface area contributed by atoms with Crippen LogP contribution < -0.4 is 5.48 Å². The molecule has 2 atom stereocenters. The van der Waals surface area contributed by atoms with Crippen molar-refractivity contribution in [2.75, 3.05) is 13.1 Å². The monoisotopic (exact) mass is 184 g/mol. The van der Waals surface area contributed by atoms with Crippen LogP contribution in [0.1, 0.15) is 6.42 Å². The van der Waals surface area contributed by atoms with Gasteiger partial charge in [-0.3, -0.25) is 10.7 Å². The third kappa shape index (κ3) is 3.78. The van der Waals surface area contributed by atoms with Gasteiger partial charge < -0.3 is 9.94 Å². The Morgan fingerprint density at radius 1 is 1.62 bits per heavy atom. The minimum Gasteiger partial charge on any atom is -0.379 e. The van der Waals surface area contributed by atoms with E-state index in [4.69, 9.17) is 17.8 Å². The molecular weight excluding hydrogens is 171 g/mol. The van der Waals surface area contributed by atoms with Gasteiger partial charge in [0.1, 0.15) is 7.85 Å². The number of nitrogens with one attached hydrogen (secondary N) is 1. The Balaban J connectivity index is 2.43. The molecule has 2 radical (unpaired) electrons. The van der Waals surface area contributed by atoms with E-state index in [-0.39, 0.29) is 6.10 Å². The highest BCUT2D eigenvalue weighted by atomic mass is 16.5. The molecule has 1 aliphatic rings. The molecule has 0 aliphatic carbocycles. The molecular formula is C7H13BN2O3. The zero-order chi connectivity index (χ0) is 9.68. The van der Waals surface area contributed by atoms with Crippen molar-refractivity contribution in [2.24, 2.45) is 0 Å². The van der Waals surface area contributed by atoms with Crippen LogP contribution in [0, 0.1) is 0 Å². The second-order valence-corrected chi connectivity index (χ2v) is 2.90. The van der Waals surface area contributed by atoms with E-state index in [1.165, 1.54) is 6.20 Å². The first-order valence-electron chi connectivity index (χ1n) is 4.13. The number of ether oxygens (including phenoxy) is 1. The number of nitrogens with zero attached hydrogens (tertiary/aromatic N) is 1. The van der Waals surface area contributed by atoms with Crippen LogP contribution in [0.2, 0.25) is 0 Å². The molecule has 1 saturated heterocycles. The van der Waals surface area contributed by atoms with Gasteiger partial charge in [-0.1, -0.05) is 0 Å². The highest BCUT2D eigenvalue weighted by molar-refractivity contribution is 6.11. The molecule has 0 aromatic heterocycles. The first-order valence-corrected chi connectivity index (χ1v) is 4.13. The lowest BCUT2D eigenvalue weighted by molar-refractivity contribution is -0.0939. The molecule has 1 fully saturated rings. The average Bonchev–Trinajstić information content (AvgIpc) is 2.23. The lowest BCUT2D eigenvalue weighted by Crippen LogP contribution is -2.29. The third-order valence-electron chi connectivity index (χ3n) is 1.80. The quantitative estimate of drug-likeness (QED) is 0.397. The molecule has 0 saturated carbocycles. The second-order valence-electron chi connectivity index (χ2n) is 2.90. The summed E-state index contributed by atoms with van der Waals surface area (Å²) in [5.41, 5.74) is 1.88. The predicted octanol–water partition coefficient (Wildman–Crippen LogP) is -0.546. The van der Waals surface area contributed by atoms with Gasteiger partial charge in [0, 0.05) is 25.3 Å². The Bertz CT molecular complexity index is 179. The van der Waals surface area contributed by atoms with Gasteiger partial charge in [0.15, 0.2) is 0 Å². The molecule has 6 heteroatoms. The largest absolute Gasteiger partial charge is 0.379 e. The van der Waals surface area contributed by atoms with E-state index in [0.29, 0.717) is 19.5 Å². The summed E-state index contributed by atoms with van der Waals surface area (Å²) in [6.07, 6.45) is 3.48. The first-order chi connectivity index (χ1) is 6.22. The number of rotatable bonds is 2. The van der Waals surface area contributed by atoms with Gasteiger partial charge >= 0.3 is 0 Å². The third-order valence-corrected chi connectivity index (χ3v) is 1.80. The van der Waals surface area contributed by atoms with Gasteiger partial charge in [-0.05, 0) is 12.5 Å². The summed E-state index contributed by atoms with van der Waals surface area (Å²) in [6, 6.07) is -0.499. The predicted molar refractivity (Wildman–Crippen MR) is 46.5 cm³/mol. The van der Waals surface area contributed by atoms with Gasteiger partial charge in [0.2, 0.25) is 0 Å². The SMILES string of the molecule is [B]C1CN(O)CCC(/C=C/NO)O1. The summed E-state index contributed by atoms with van der Waals surface area (Å²) >= 11 is 0. The topological polar surface area (TPSA) is 65.0 Å². The molecule has 0 aromatic carbocycles. The van der Waals surface area contributed by atoms with Gasteiger partial charge in [0.05, 0.1) is 6.10 Å². The average molecular weight is 184 g/mol. The van der Waals surface area contributed by atoms with Crippen molar-refractivity contribution in [3.8, 4) is 0 Å². The van der Waals surface area contributed by atoms with Crippen molar-refractivity contribution in [3.05, 3.63) is 12.3 Å². The van der Waals surface area contributed by atoms with Crippen molar-refractivity contribution in [1.82, 2.24) is 10.5 Å². The summed E-state index contributed by atoms with van der Waals surface area (Å²) in [5, 5.41) is 18.6. The molecule has 0 bridgehead atoms. The highest BCUT2D eigenvalue weighted by Gasteiger charge is 2.18. The van der Waals surface area contributed by atoms with Crippen LogP contribution >= 0.6 is 0 Å². The van der Waals surface area contributed by atoms with Gasteiger partial charge in [0.25, 0.3) is 0 Å². The minimum atomic E-state index is -0.499. The van der Waals surface area contributed by atoms with Crippen molar-refractivity contribution in [3.63, 3.8) is 0 Å². The second kappa shape index (κ2) is 5.23. The number of hydroxylamine groups is 3. The summed E-state index contributed by atoms with van der Waals surface area (Å²) in [4.78, 5) is 0. The van der Waals surface area contributed by atoms with Gasteiger partial charge in [-0.25, -0.2) is 0 Å². The molecule has 5 nitrogen and oxygen atoms in total. The van der Waals surface area contributed by atoms with Crippen molar-refractivity contribution in [2.45, 2.75) is 18.5 Å². The van der Waals surface area contributed by atoms with Gasteiger partial charge in [-0.2, -0.15) is 5.06 Å². The highest BCUT2D eigenvalue weighted by Crippen LogP contribution is 2.09. The first kappa shape index (κ1) is 10.5. The van der Waals surface area contributed by atoms with Crippen molar-refractivity contribution < 1.29 is 15.2 Å². The maximum Gasteiger partial charge on any atom is 0.110 e. The van der Waals surface area contributed by atoms with Crippen LogP contribution in [-0.2, 0) is 4.74 Å². The Labute approximate surface area is 78.3 Å². The fraction of sp³-hybridized carbons (Fsp3) is 0.714. The van der Waals surface area contributed by atoms with Crippen LogP contribution in [0.4, 0.5) is 0 Å². The molecule has 72 valence electrons. The molecule has 1 heterocycles. The molecule has 1 rings (SSSR count). The summed E-state index contributed by atoms with van der Waals surface area (Å²) < 4.78 is 5.32. The van der Waals surface area contributed by atoms with E-state index < -0.39 is 6.00 Å². The zero-order valence-corrected chi connectivity index (χ0v) is 7.26. The number of hydrogen-bond acceptors (Lipinski definition) is 5. The van der Waals surface area contributed by atoms with Crippen LogP contribution in [0.3, 0.4) is 0 Å². The fourth-order valence-corrected chi connectivity index (χ4v) is 1.20. The van der Waals surface area contributed by atoms with Crippen molar-refractivity contribution in [1.29, 1.82) is 0 Å². The summed E-state index contributed by atoms with van der Waals surface area (Å²) in [5.74, 6) is 0. The Morgan fingerprint density at radius 2 is 2.38 bits per heavy atom. The van der Waals surface area contributed by atoms with Crippen LogP contribution in [0.5, 0.6) is 0 Å². The molecule has 2 unspecified atom stereocenters. The van der Waals surface area contributed by atoms with Crippen LogP contribution in [-0.4, -0.2) is 48.5 Å². The smallest absolute Gasteiger partial charge is 0.110 e. The molecule has 1 aliphatic heterocycles. The lowest BCUT2D eigenvalue weighted by Gasteiger charge is -2.15.